The van der Waals surface area contributed by atoms with Gasteiger partial charge in [-0.05, 0) is 6.85 Å². The van der Waals surface area contributed by atoms with Crippen molar-refractivity contribution >= 4 is 6.03 Å². The standard InChI is InChI=1S/C3H7N3O2/c1-2-6(5-8)3(4)7/h2H2,1H3,(H2,4,7)/i1D3,2D2. The summed E-state index contributed by atoms with van der Waals surface area (Å²) in [4.78, 5) is 20.3. The van der Waals surface area contributed by atoms with Gasteiger partial charge < -0.3 is 5.73 Å². The minimum absolute atomic E-state index is 0.458. The molecule has 2 amide bonds. The van der Waals surface area contributed by atoms with Crippen LogP contribution in [0.5, 0.6) is 0 Å². The van der Waals surface area contributed by atoms with Crippen LogP contribution in [0.2, 0.25) is 0 Å². The van der Waals surface area contributed by atoms with Crippen molar-refractivity contribution in [2.45, 2.75) is 6.85 Å². The molecule has 0 heterocycles. The fourth-order valence-corrected chi connectivity index (χ4v) is 0.116. The Labute approximate surface area is 53.4 Å². The number of hydrogen-bond donors (Lipinski definition) is 1. The average Bonchev–Trinajstić information content (AvgIpc) is 1.83. The van der Waals surface area contributed by atoms with Crippen LogP contribution in [0.4, 0.5) is 4.79 Å². The van der Waals surface area contributed by atoms with Gasteiger partial charge in [0.15, 0.2) is 0 Å². The normalized spacial score (nSPS) is 20.8. The van der Waals surface area contributed by atoms with Crippen LogP contribution in [0.3, 0.4) is 0 Å². The number of nitrogens with zero attached hydrogens (tertiary/aromatic N) is 2. The number of rotatable bonds is 2. The topological polar surface area (TPSA) is 75.8 Å². The summed E-state index contributed by atoms with van der Waals surface area (Å²) in [5.74, 6) is 0. The van der Waals surface area contributed by atoms with Gasteiger partial charge in [0.1, 0.15) is 0 Å². The Balaban J connectivity index is 5.00. The minimum Gasteiger partial charge on any atom is -0.350 e. The molecule has 0 aliphatic rings. The summed E-state index contributed by atoms with van der Waals surface area (Å²) in [5, 5.41) is 1.44. The zero-order valence-electron chi connectivity index (χ0n) is 8.79. The van der Waals surface area contributed by atoms with E-state index in [1.807, 2.05) is 5.29 Å². The molecule has 8 heavy (non-hydrogen) atoms. The lowest BCUT2D eigenvalue weighted by Crippen LogP contribution is -2.30. The zero-order chi connectivity index (χ0) is 10.9. The van der Waals surface area contributed by atoms with Crippen LogP contribution >= 0.6 is 0 Å². The van der Waals surface area contributed by atoms with Gasteiger partial charge in [0.05, 0.1) is 8.03 Å². The summed E-state index contributed by atoms with van der Waals surface area (Å²) < 4.78 is 33.8. The smallest absolute Gasteiger partial charge is 0.337 e. The molecule has 0 fully saturated rings. The van der Waals surface area contributed by atoms with Crippen molar-refractivity contribution in [3.8, 4) is 0 Å². The molecule has 0 aliphatic heterocycles. The van der Waals surface area contributed by atoms with Crippen LogP contribution in [-0.2, 0) is 0 Å². The summed E-state index contributed by atoms with van der Waals surface area (Å²) >= 11 is 0. The predicted molar refractivity (Wildman–Crippen MR) is 27.8 cm³/mol. The van der Waals surface area contributed by atoms with Crippen LogP contribution in [-0.4, -0.2) is 17.5 Å². The second-order valence-corrected chi connectivity index (χ2v) is 0.843. The zero-order valence-corrected chi connectivity index (χ0v) is 3.79. The molecular formula is C3H7N3O2. The molecule has 0 bridgehead atoms. The fraction of sp³-hybridized carbons (Fsp3) is 0.667. The monoisotopic (exact) mass is 122 g/mol. The largest absolute Gasteiger partial charge is 0.350 e. The van der Waals surface area contributed by atoms with Gasteiger partial charge in [-0.2, -0.15) is 5.01 Å². The first-order chi connectivity index (χ1) is 5.64. The van der Waals surface area contributed by atoms with Crippen LogP contribution in [0.25, 0.3) is 0 Å². The third-order valence-electron chi connectivity index (χ3n) is 0.396. The number of hydrogen-bond acceptors (Lipinski definition) is 3. The highest BCUT2D eigenvalue weighted by Crippen LogP contribution is 1.83. The van der Waals surface area contributed by atoms with Gasteiger partial charge in [0.2, 0.25) is 0 Å². The van der Waals surface area contributed by atoms with Gasteiger partial charge in [-0.25, -0.2) is 4.79 Å². The minimum atomic E-state index is -3.19. The molecule has 0 unspecified atom stereocenters. The molecule has 0 atom stereocenters. The third kappa shape index (κ3) is 1.55. The van der Waals surface area contributed by atoms with Gasteiger partial charge >= 0.3 is 6.03 Å². The second kappa shape index (κ2) is 2.95. The van der Waals surface area contributed by atoms with Crippen LogP contribution in [0, 0.1) is 4.91 Å². The number of amides is 2. The molecule has 2 N–H and O–H groups in total. The summed E-state index contributed by atoms with van der Waals surface area (Å²) in [6.07, 6.45) is 0. The highest BCUT2D eigenvalue weighted by Gasteiger charge is 2.03. The van der Waals surface area contributed by atoms with Crippen molar-refractivity contribution in [1.82, 2.24) is 5.01 Å². The van der Waals surface area contributed by atoms with E-state index in [2.05, 4.69) is 5.73 Å². The van der Waals surface area contributed by atoms with Crippen molar-refractivity contribution in [2.24, 2.45) is 11.0 Å². The molecule has 0 aromatic heterocycles. The number of nitroso groups, excluding NO2 is 1. The number of primary amides is 1. The molecule has 46 valence electrons. The van der Waals surface area contributed by atoms with Crippen molar-refractivity contribution in [3.63, 3.8) is 0 Å². The maximum absolute atomic E-state index is 10.4. The fourth-order valence-electron chi connectivity index (χ4n) is 0.116. The lowest BCUT2D eigenvalue weighted by molar-refractivity contribution is 0.212. The SMILES string of the molecule is [2H]C([2H])([2H])C([2H])([2H])N(N=O)C(N)=O. The summed E-state index contributed by atoms with van der Waals surface area (Å²) in [5.41, 5.74) is 4.53. The summed E-state index contributed by atoms with van der Waals surface area (Å²) in [6.45, 7) is -6.38. The lowest BCUT2D eigenvalue weighted by Gasteiger charge is -2.03. The molecule has 0 aromatic carbocycles. The van der Waals surface area contributed by atoms with Crippen molar-refractivity contribution in [1.29, 1.82) is 0 Å². The van der Waals surface area contributed by atoms with E-state index in [0.717, 1.165) is 0 Å². The van der Waals surface area contributed by atoms with Gasteiger partial charge in [-0.15, -0.1) is 4.91 Å². The molecule has 0 radical (unpaired) electrons. The van der Waals surface area contributed by atoms with Crippen molar-refractivity contribution in [3.05, 3.63) is 4.91 Å². The Hall–Kier alpha value is -1.13. The quantitative estimate of drug-likeness (QED) is 0.415. The molecule has 0 rings (SSSR count). The highest BCUT2D eigenvalue weighted by atomic mass is 16.3. The Morgan fingerprint density at radius 1 is 2.25 bits per heavy atom. The van der Waals surface area contributed by atoms with Gasteiger partial charge in [-0.1, -0.05) is 0 Å². The molecule has 0 aromatic rings. The Bertz CT molecular complexity index is 226. The maximum Gasteiger partial charge on any atom is 0.337 e. The molecule has 0 spiro atoms. The number of nitrogens with two attached hydrogens (primary N) is 1. The molecule has 5 heteroatoms. The van der Waals surface area contributed by atoms with Crippen LogP contribution in [0.15, 0.2) is 5.29 Å². The van der Waals surface area contributed by atoms with Crippen molar-refractivity contribution in [2.75, 3.05) is 6.50 Å². The van der Waals surface area contributed by atoms with Gasteiger partial charge in [0.25, 0.3) is 0 Å². The van der Waals surface area contributed by atoms with E-state index in [0.29, 0.717) is 0 Å². The Morgan fingerprint density at radius 3 is 3.00 bits per heavy atom. The second-order valence-electron chi connectivity index (χ2n) is 0.843. The van der Waals surface area contributed by atoms with E-state index in [-0.39, 0.29) is 0 Å². The average molecular weight is 122 g/mol. The molecule has 0 saturated heterocycles. The maximum atomic E-state index is 10.4. The Kier molecular flexibility index (Phi) is 0.739. The highest BCUT2D eigenvalue weighted by molar-refractivity contribution is 5.71. The first-order valence-electron chi connectivity index (χ1n) is 4.07. The van der Waals surface area contributed by atoms with E-state index in [4.69, 9.17) is 6.85 Å². The van der Waals surface area contributed by atoms with E-state index < -0.39 is 24.4 Å². The van der Waals surface area contributed by atoms with Gasteiger partial charge in [0, 0.05) is 10.6 Å². The molecule has 5 nitrogen and oxygen atoms in total. The predicted octanol–water partition coefficient (Wildman–Crippen LogP) is 0.0684. The van der Waals surface area contributed by atoms with Gasteiger partial charge in [-0.3, -0.25) is 0 Å². The van der Waals surface area contributed by atoms with E-state index in [9.17, 15) is 9.70 Å². The van der Waals surface area contributed by atoms with E-state index >= 15 is 0 Å². The molecular weight excluding hydrogens is 110 g/mol. The lowest BCUT2D eigenvalue weighted by atomic mass is 10.7. The van der Waals surface area contributed by atoms with E-state index in [1.54, 1.807) is 0 Å². The first-order valence-corrected chi connectivity index (χ1v) is 1.57. The summed E-state index contributed by atoms with van der Waals surface area (Å²) in [6, 6.07) is -1.56. The number of carbonyl (C=O) groups is 1. The third-order valence-corrected chi connectivity index (χ3v) is 0.396. The van der Waals surface area contributed by atoms with E-state index in [1.165, 1.54) is 0 Å². The molecule has 0 saturated carbocycles. The molecule has 0 aliphatic carbocycles. The number of urea groups is 1. The van der Waals surface area contributed by atoms with Crippen LogP contribution in [0.1, 0.15) is 13.7 Å². The van der Waals surface area contributed by atoms with Crippen LogP contribution < -0.4 is 5.73 Å². The summed E-state index contributed by atoms with van der Waals surface area (Å²) in [7, 11) is 0. The van der Waals surface area contributed by atoms with Crippen molar-refractivity contribution < 1.29 is 11.6 Å². The Morgan fingerprint density at radius 2 is 2.88 bits per heavy atom. The first kappa shape index (κ1) is 2.00. The number of carbonyl (C=O) groups excluding carboxylic acids is 1.